The van der Waals surface area contributed by atoms with Crippen molar-refractivity contribution >= 4 is 11.7 Å². The van der Waals surface area contributed by atoms with Gasteiger partial charge in [0.1, 0.15) is 42.4 Å². The van der Waals surface area contributed by atoms with E-state index < -0.39 is 96.0 Å². The fourth-order valence-corrected chi connectivity index (χ4v) is 10.5. The minimum absolute atomic E-state index is 0.0448. The third kappa shape index (κ3) is 16.0. The fraction of sp³-hybridized carbons (Fsp3) is 0.820. The number of aliphatic hydroxyl groups excluding tert-OH is 3. The molecule has 71 heavy (non-hydrogen) atoms. The molecule has 0 spiro atoms. The van der Waals surface area contributed by atoms with Gasteiger partial charge in [0.05, 0.1) is 52.1 Å². The lowest BCUT2D eigenvalue weighted by molar-refractivity contribution is -0.729. The first-order valence-electron chi connectivity index (χ1n) is 25.1. The van der Waals surface area contributed by atoms with E-state index in [2.05, 4.69) is 15.3 Å². The first kappa shape index (κ1) is 60.1. The van der Waals surface area contributed by atoms with Gasteiger partial charge in [-0.05, 0) is 99.9 Å². The molecule has 3 aliphatic heterocycles. The first-order valence-corrected chi connectivity index (χ1v) is 25.1. The number of likely N-dealkylation sites (N-methyl/N-ethyl adjacent to an activating group) is 1. The number of carbonyl (C=O) groups is 1. The lowest BCUT2D eigenvalue weighted by Crippen LogP contribution is -2.59. The molecule has 1 aromatic carbocycles. The smallest absolute Gasteiger partial charge is 0.316 e. The summed E-state index contributed by atoms with van der Waals surface area (Å²) in [6, 6.07) is 5.15. The van der Waals surface area contributed by atoms with Gasteiger partial charge in [-0.3, -0.25) is 4.79 Å². The van der Waals surface area contributed by atoms with Crippen molar-refractivity contribution in [3.8, 4) is 5.75 Å². The summed E-state index contributed by atoms with van der Waals surface area (Å²) in [5.74, 6) is -2.21. The van der Waals surface area contributed by atoms with Gasteiger partial charge in [-0.15, -0.1) is 0 Å². The van der Waals surface area contributed by atoms with E-state index in [9.17, 15) is 35.2 Å². The number of aliphatic hydroxyl groups is 5. The van der Waals surface area contributed by atoms with Crippen LogP contribution in [0.2, 0.25) is 0 Å². The average Bonchev–Trinajstić information content (AvgIpc) is 3.31. The molecule has 0 aliphatic carbocycles. The van der Waals surface area contributed by atoms with Crippen molar-refractivity contribution in [3.63, 3.8) is 0 Å². The molecule has 18 atom stereocenters. The number of rotatable bonds is 18. The maximum atomic E-state index is 14.4. The molecule has 8 N–H and O–H groups in total. The van der Waals surface area contributed by atoms with Gasteiger partial charge in [-0.25, -0.2) is 10.7 Å². The largest absolute Gasteiger partial charge is 0.491 e. The van der Waals surface area contributed by atoms with Crippen molar-refractivity contribution < 1.29 is 73.6 Å². The van der Waals surface area contributed by atoms with Gasteiger partial charge >= 0.3 is 11.7 Å². The van der Waals surface area contributed by atoms with Crippen molar-refractivity contribution in [3.05, 3.63) is 41.1 Å². The number of methoxy groups -OCH3 is 1. The predicted molar refractivity (Wildman–Crippen MR) is 261 cm³/mol. The molecule has 3 heterocycles. The number of benzene rings is 1. The summed E-state index contributed by atoms with van der Waals surface area (Å²) in [5.41, 5.74) is 3.89. The molecule has 0 unspecified atom stereocenters. The fourth-order valence-electron chi connectivity index (χ4n) is 10.5. The van der Waals surface area contributed by atoms with Crippen LogP contribution in [0.25, 0.3) is 0 Å². The molecule has 21 nitrogen and oxygen atoms in total. The standard InChI is InChI=1S/C50H87N6O15/c1-14-40-50(10,62)44(58)33(6)55(12)27-29(2)23-48(8,61)46(31(4)43(32(5)47(60)69-40)70-42-24-49(9,65-13)45(59)34(7)68-42)71-41-22-37(21-30(3)67-41)54(11)20-19-35(53-51)25-52-26-38(57)28-66-39-17-15-36(16-18-39)56(63)64/h15-18,25,29-34,37-38,40-46,51-52,57-59,61-62H,14,19-24,26-28H2,1-13H3,(H,63,64)/q+1/b35-25-,53-51?/t29-,30-,31+,32-,33-,34+,37+,38+,40-,41+,42+,43+,44-,45+,46-,48-,49-,50-/m1/s1. The van der Waals surface area contributed by atoms with E-state index in [0.29, 0.717) is 43.8 Å². The Hall–Kier alpha value is -3.45. The lowest BCUT2D eigenvalue weighted by Gasteiger charge is -2.48. The number of nitrogens with zero attached hydrogens (tertiary/aromatic N) is 4. The van der Waals surface area contributed by atoms with E-state index in [4.69, 9.17) is 43.9 Å². The zero-order valence-corrected chi connectivity index (χ0v) is 44.3. The number of nitrogens with one attached hydrogen (secondary N) is 2. The number of hydrogen-bond acceptors (Lipinski definition) is 19. The molecule has 0 radical (unpaired) electrons. The maximum Gasteiger partial charge on any atom is 0.316 e. The lowest BCUT2D eigenvalue weighted by atomic mass is 9.77. The van der Waals surface area contributed by atoms with Crippen LogP contribution in [0.1, 0.15) is 108 Å². The van der Waals surface area contributed by atoms with Gasteiger partial charge in [0, 0.05) is 82.3 Å². The van der Waals surface area contributed by atoms with Gasteiger partial charge in [0.25, 0.3) is 4.92 Å². The average molecular weight is 1010 g/mol. The Morgan fingerprint density at radius 1 is 1.03 bits per heavy atom. The summed E-state index contributed by atoms with van der Waals surface area (Å²) >= 11 is 0. The SMILES string of the molecule is CC[C@H]1OC(=O)[C@H](C)[C@@H](O[C@H]2C[C@@](C)(OC)[C@@H](O)[C@H](C)O2)[C@H](C)[C@@H](O[C@H]2C[C@@H](N(C)CC/C(=C/NC[C@H](O)COc3ccc([N+](=O)O)cc3)N=N)C[C@@H](C)O2)[C@](C)(O)C[C@@H](C)CN(C)[C@H](C)[C@@H](O)[C@]1(C)O. The Morgan fingerprint density at radius 2 is 1.69 bits per heavy atom. The Balaban J connectivity index is 1.58. The number of esters is 1. The molecule has 0 saturated carbocycles. The molecule has 4 rings (SSSR count). The highest BCUT2D eigenvalue weighted by atomic mass is 16.7. The first-order chi connectivity index (χ1) is 33.2. The van der Waals surface area contributed by atoms with E-state index in [1.54, 1.807) is 47.7 Å². The number of cyclic esters (lactones) is 1. The minimum Gasteiger partial charge on any atom is -0.491 e. The van der Waals surface area contributed by atoms with Gasteiger partial charge in [0.2, 0.25) is 0 Å². The number of ether oxygens (including phenoxy) is 7. The highest BCUT2D eigenvalue weighted by Crippen LogP contribution is 2.40. The van der Waals surface area contributed by atoms with Crippen LogP contribution in [0.4, 0.5) is 5.69 Å². The second-order valence-electron chi connectivity index (χ2n) is 21.2. The van der Waals surface area contributed by atoms with Gasteiger partial charge in [-0.2, -0.15) is 5.11 Å². The van der Waals surface area contributed by atoms with E-state index in [1.807, 2.05) is 39.8 Å². The van der Waals surface area contributed by atoms with Crippen molar-refractivity contribution in [2.24, 2.45) is 22.9 Å². The third-order valence-electron chi connectivity index (χ3n) is 15.0. The Bertz CT molecular complexity index is 1880. The molecule has 21 heteroatoms. The third-order valence-corrected chi connectivity index (χ3v) is 15.0. The van der Waals surface area contributed by atoms with Crippen molar-refractivity contribution in [2.75, 3.05) is 47.4 Å². The molecule has 3 aliphatic rings. The topological polar surface area (TPSA) is 278 Å². The summed E-state index contributed by atoms with van der Waals surface area (Å²) in [6.07, 6.45) is -5.41. The van der Waals surface area contributed by atoms with E-state index in [0.717, 1.165) is 0 Å². The van der Waals surface area contributed by atoms with Crippen molar-refractivity contribution in [1.29, 1.82) is 5.53 Å². The van der Waals surface area contributed by atoms with Crippen LogP contribution >= 0.6 is 0 Å². The summed E-state index contributed by atoms with van der Waals surface area (Å²) in [5, 5.41) is 73.6. The highest BCUT2D eigenvalue weighted by molar-refractivity contribution is 5.73. The van der Waals surface area contributed by atoms with E-state index in [1.165, 1.54) is 38.3 Å². The van der Waals surface area contributed by atoms with Crippen LogP contribution in [0.15, 0.2) is 41.3 Å². The Kier molecular flexibility index (Phi) is 22.1. The normalized spacial score (nSPS) is 38.9. The van der Waals surface area contributed by atoms with Crippen molar-refractivity contribution in [1.82, 2.24) is 15.1 Å². The maximum absolute atomic E-state index is 14.4. The van der Waals surface area contributed by atoms with Crippen LogP contribution in [0.3, 0.4) is 0 Å². The van der Waals surface area contributed by atoms with Crippen LogP contribution < -0.4 is 10.1 Å². The second-order valence-corrected chi connectivity index (χ2v) is 21.2. The van der Waals surface area contributed by atoms with Crippen molar-refractivity contribution in [2.45, 2.75) is 198 Å². The van der Waals surface area contributed by atoms with Gasteiger partial charge in [-0.1, -0.05) is 20.8 Å². The Labute approximate surface area is 420 Å². The van der Waals surface area contributed by atoms with Gasteiger partial charge in [0.15, 0.2) is 12.6 Å². The van der Waals surface area contributed by atoms with Crippen LogP contribution in [-0.4, -0.2) is 189 Å². The molecule has 0 aromatic heterocycles. The zero-order valence-electron chi connectivity index (χ0n) is 44.3. The van der Waals surface area contributed by atoms with E-state index in [-0.39, 0.29) is 61.1 Å². The molecule has 1 aromatic rings. The summed E-state index contributed by atoms with van der Waals surface area (Å²) in [4.78, 5) is 29.3. The Morgan fingerprint density at radius 3 is 2.30 bits per heavy atom. The molecular formula is C50H87N6O15+. The van der Waals surface area contributed by atoms with E-state index >= 15 is 0 Å². The molecular weight excluding hydrogens is 925 g/mol. The number of carbonyl (C=O) groups excluding carboxylic acids is 1. The summed E-state index contributed by atoms with van der Waals surface area (Å²) in [7, 11) is 5.33. The minimum atomic E-state index is -1.83. The highest BCUT2D eigenvalue weighted by Gasteiger charge is 2.52. The quantitative estimate of drug-likeness (QED) is 0.0575. The monoisotopic (exact) mass is 1010 g/mol. The molecule has 0 bridgehead atoms. The molecule has 406 valence electrons. The van der Waals surface area contributed by atoms with Crippen LogP contribution in [-0.2, 0) is 33.2 Å². The van der Waals surface area contributed by atoms with Crippen LogP contribution in [0, 0.1) is 28.2 Å². The summed E-state index contributed by atoms with van der Waals surface area (Å²) < 4.78 is 44.0. The predicted octanol–water partition coefficient (Wildman–Crippen LogP) is 4.39. The molecule has 3 saturated heterocycles. The molecule has 0 amide bonds. The van der Waals surface area contributed by atoms with Gasteiger partial charge < -0.3 is 73.8 Å². The van der Waals surface area contributed by atoms with Crippen LogP contribution in [0.5, 0.6) is 5.75 Å². The molecule has 3 fully saturated rings. The summed E-state index contributed by atoms with van der Waals surface area (Å²) in [6.45, 7) is 18.7. The number of hydrogen-bond donors (Lipinski definition) is 8. The second kappa shape index (κ2) is 26.2. The zero-order chi connectivity index (χ0) is 53.2.